The molecule has 0 saturated heterocycles. The summed E-state index contributed by atoms with van der Waals surface area (Å²) >= 11 is 0. The van der Waals surface area contributed by atoms with Gasteiger partial charge in [0.15, 0.2) is 5.76 Å². The lowest BCUT2D eigenvalue weighted by Crippen LogP contribution is -2.37. The topological polar surface area (TPSA) is 69.9 Å². The molecule has 0 radical (unpaired) electrons. The highest BCUT2D eigenvalue weighted by Gasteiger charge is 2.32. The minimum absolute atomic E-state index is 0.136. The Labute approximate surface area is 183 Å². The molecule has 1 aromatic heterocycles. The Morgan fingerprint density at radius 3 is 2.42 bits per heavy atom. The number of methoxy groups -OCH3 is 2. The van der Waals surface area contributed by atoms with Crippen molar-refractivity contribution in [3.05, 3.63) is 59.4 Å². The van der Waals surface area contributed by atoms with Crippen LogP contribution in [0.3, 0.4) is 0 Å². The van der Waals surface area contributed by atoms with Crippen LogP contribution in [-0.4, -0.2) is 28.2 Å². The monoisotopic (exact) mass is 437 g/mol. The van der Waals surface area contributed by atoms with E-state index in [4.69, 9.17) is 18.6 Å². The summed E-state index contributed by atoms with van der Waals surface area (Å²) in [5.74, 6) is 1.76. The number of anilines is 1. The van der Waals surface area contributed by atoms with Crippen LogP contribution in [0.25, 0.3) is 0 Å². The van der Waals surface area contributed by atoms with E-state index < -0.39 is 14.0 Å². The Morgan fingerprint density at radius 1 is 1.03 bits per heavy atom. The van der Waals surface area contributed by atoms with E-state index in [1.807, 2.05) is 6.92 Å². The SMILES string of the molecule is COc1cccc(OC)c1NC(=O)c1ccc(Oc2cc3c(cc2C)CC[Si]3(C)C)o1. The third kappa shape index (κ3) is 4.05. The number of ether oxygens (including phenoxy) is 3. The maximum Gasteiger partial charge on any atom is 0.291 e. The lowest BCUT2D eigenvalue weighted by molar-refractivity contribution is 0.0991. The van der Waals surface area contributed by atoms with Crippen LogP contribution in [-0.2, 0) is 6.42 Å². The zero-order valence-electron chi connectivity index (χ0n) is 18.5. The Balaban J connectivity index is 1.54. The van der Waals surface area contributed by atoms with Gasteiger partial charge in [0.2, 0.25) is 0 Å². The van der Waals surface area contributed by atoms with E-state index in [1.54, 1.807) is 30.3 Å². The molecule has 2 heterocycles. The van der Waals surface area contributed by atoms with E-state index in [0.29, 0.717) is 17.2 Å². The molecule has 0 saturated carbocycles. The van der Waals surface area contributed by atoms with Gasteiger partial charge in [-0.15, -0.1) is 0 Å². The molecule has 6 nitrogen and oxygen atoms in total. The number of benzene rings is 2. The van der Waals surface area contributed by atoms with Crippen molar-refractivity contribution in [1.29, 1.82) is 0 Å². The molecule has 31 heavy (non-hydrogen) atoms. The molecule has 0 unspecified atom stereocenters. The van der Waals surface area contributed by atoms with Crippen LogP contribution in [0.1, 0.15) is 21.7 Å². The number of aryl methyl sites for hydroxylation is 2. The third-order valence-electron chi connectivity index (χ3n) is 5.83. The summed E-state index contributed by atoms with van der Waals surface area (Å²) in [5, 5.41) is 4.24. The second-order valence-electron chi connectivity index (χ2n) is 8.37. The average Bonchev–Trinajstić information content (AvgIpc) is 3.33. The van der Waals surface area contributed by atoms with E-state index in [-0.39, 0.29) is 11.7 Å². The fourth-order valence-electron chi connectivity index (χ4n) is 4.03. The van der Waals surface area contributed by atoms with Gasteiger partial charge in [0.25, 0.3) is 11.9 Å². The van der Waals surface area contributed by atoms with Crippen LogP contribution in [0.2, 0.25) is 19.1 Å². The number of hydrogen-bond acceptors (Lipinski definition) is 5. The van der Waals surface area contributed by atoms with Gasteiger partial charge in [-0.25, -0.2) is 0 Å². The minimum atomic E-state index is -1.40. The van der Waals surface area contributed by atoms with Gasteiger partial charge in [-0.1, -0.05) is 30.4 Å². The van der Waals surface area contributed by atoms with Crippen LogP contribution >= 0.6 is 0 Å². The fraction of sp³-hybridized carbons (Fsp3) is 0.292. The zero-order chi connectivity index (χ0) is 22.2. The van der Waals surface area contributed by atoms with E-state index in [9.17, 15) is 4.79 Å². The van der Waals surface area contributed by atoms with E-state index in [1.165, 1.54) is 31.0 Å². The van der Waals surface area contributed by atoms with Gasteiger partial charge in [-0.3, -0.25) is 4.79 Å². The van der Waals surface area contributed by atoms with Gasteiger partial charge in [0, 0.05) is 6.07 Å². The molecule has 162 valence electrons. The van der Waals surface area contributed by atoms with Crippen molar-refractivity contribution in [1.82, 2.24) is 0 Å². The molecular formula is C24H27NO5Si. The van der Waals surface area contributed by atoms with Crippen LogP contribution in [0, 0.1) is 6.92 Å². The van der Waals surface area contributed by atoms with Crippen molar-refractivity contribution in [3.63, 3.8) is 0 Å². The lowest BCUT2D eigenvalue weighted by atomic mass is 10.1. The number of nitrogens with one attached hydrogen (secondary N) is 1. The van der Waals surface area contributed by atoms with E-state index in [0.717, 1.165) is 17.7 Å². The number of rotatable bonds is 6. The minimum Gasteiger partial charge on any atom is -0.494 e. The van der Waals surface area contributed by atoms with Gasteiger partial charge in [-0.05, 0) is 54.8 Å². The molecule has 3 aromatic rings. The van der Waals surface area contributed by atoms with Crippen molar-refractivity contribution >= 4 is 24.9 Å². The molecule has 1 N–H and O–H groups in total. The van der Waals surface area contributed by atoms with Gasteiger partial charge in [0.1, 0.15) is 22.9 Å². The number of amides is 1. The van der Waals surface area contributed by atoms with Crippen molar-refractivity contribution in [2.24, 2.45) is 0 Å². The number of para-hydroxylation sites is 1. The number of carbonyl (C=O) groups excluding carboxylic acids is 1. The molecule has 0 fully saturated rings. The predicted molar refractivity (Wildman–Crippen MR) is 123 cm³/mol. The second kappa shape index (κ2) is 8.15. The van der Waals surface area contributed by atoms with Crippen molar-refractivity contribution in [2.45, 2.75) is 32.5 Å². The summed E-state index contributed by atoms with van der Waals surface area (Å²) in [5.41, 5.74) is 2.94. The molecule has 0 aliphatic carbocycles. The molecule has 0 bridgehead atoms. The van der Waals surface area contributed by atoms with Crippen molar-refractivity contribution in [3.8, 4) is 23.2 Å². The van der Waals surface area contributed by atoms with Gasteiger partial charge >= 0.3 is 0 Å². The first-order valence-electron chi connectivity index (χ1n) is 10.3. The summed E-state index contributed by atoms with van der Waals surface area (Å²) in [6, 6.07) is 14.2. The molecular weight excluding hydrogens is 410 g/mol. The second-order valence-corrected chi connectivity index (χ2v) is 13.2. The predicted octanol–water partition coefficient (Wildman–Crippen LogP) is 5.12. The van der Waals surface area contributed by atoms with Gasteiger partial charge in [0.05, 0.1) is 22.3 Å². The third-order valence-corrected chi connectivity index (χ3v) is 9.25. The molecule has 1 amide bonds. The highest BCUT2D eigenvalue weighted by atomic mass is 28.3. The molecule has 1 aliphatic rings. The first-order valence-corrected chi connectivity index (χ1v) is 13.5. The summed E-state index contributed by atoms with van der Waals surface area (Å²) < 4.78 is 22.4. The average molecular weight is 438 g/mol. The first-order chi connectivity index (χ1) is 14.8. The van der Waals surface area contributed by atoms with Crippen molar-refractivity contribution < 1.29 is 23.4 Å². The Hall–Kier alpha value is -3.19. The molecule has 4 rings (SSSR count). The maximum atomic E-state index is 12.8. The van der Waals surface area contributed by atoms with Crippen molar-refractivity contribution in [2.75, 3.05) is 19.5 Å². The molecule has 0 spiro atoms. The molecule has 2 aromatic carbocycles. The zero-order valence-corrected chi connectivity index (χ0v) is 19.5. The summed E-state index contributed by atoms with van der Waals surface area (Å²) in [6.45, 7) is 6.81. The summed E-state index contributed by atoms with van der Waals surface area (Å²) in [6.07, 6.45) is 1.15. The smallest absolute Gasteiger partial charge is 0.291 e. The quantitative estimate of drug-likeness (QED) is 0.542. The Kier molecular flexibility index (Phi) is 5.53. The molecule has 7 heteroatoms. The Morgan fingerprint density at radius 2 is 1.74 bits per heavy atom. The van der Waals surface area contributed by atoms with Gasteiger partial charge < -0.3 is 23.9 Å². The number of hydrogen-bond donors (Lipinski definition) is 1. The fourth-order valence-corrected chi connectivity index (χ4v) is 6.78. The van der Waals surface area contributed by atoms with E-state index in [2.05, 4.69) is 30.5 Å². The maximum absolute atomic E-state index is 12.8. The summed E-state index contributed by atoms with van der Waals surface area (Å²) in [4.78, 5) is 12.8. The highest BCUT2D eigenvalue weighted by molar-refractivity contribution is 6.91. The standard InChI is InChI=1S/C24H27NO5Si/c1-15-13-16-11-12-31(4,5)21(16)14-20(15)30-22-10-9-19(29-22)24(26)25-23-17(27-2)7-6-8-18(23)28-3/h6-10,13-14H,11-12H2,1-5H3,(H,25,26). The molecule has 1 aliphatic heterocycles. The summed E-state index contributed by atoms with van der Waals surface area (Å²) in [7, 11) is 1.66. The number of carbonyl (C=O) groups is 1. The Bertz CT molecular complexity index is 1110. The van der Waals surface area contributed by atoms with Crippen LogP contribution in [0.4, 0.5) is 5.69 Å². The largest absolute Gasteiger partial charge is 0.494 e. The highest BCUT2D eigenvalue weighted by Crippen LogP contribution is 2.35. The molecule has 0 atom stereocenters. The number of fused-ring (bicyclic) bond motifs is 1. The van der Waals surface area contributed by atoms with Crippen LogP contribution in [0.5, 0.6) is 23.2 Å². The van der Waals surface area contributed by atoms with Crippen LogP contribution in [0.15, 0.2) is 46.9 Å². The number of furan rings is 1. The normalized spacial score (nSPS) is 14.1. The van der Waals surface area contributed by atoms with Crippen LogP contribution < -0.4 is 24.7 Å². The van der Waals surface area contributed by atoms with Gasteiger partial charge in [-0.2, -0.15) is 0 Å². The van der Waals surface area contributed by atoms with E-state index >= 15 is 0 Å². The first kappa shape index (κ1) is 21.1. The lowest BCUT2D eigenvalue weighted by Gasteiger charge is -2.18.